The fourth-order valence-electron chi connectivity index (χ4n) is 3.41. The van der Waals surface area contributed by atoms with Crippen molar-refractivity contribution in [3.05, 3.63) is 35.6 Å². The topological polar surface area (TPSA) is 34.4 Å². The van der Waals surface area contributed by atoms with Gasteiger partial charge in [0.2, 0.25) is 0 Å². The first kappa shape index (κ1) is 14.6. The van der Waals surface area contributed by atoms with Crippen molar-refractivity contribution in [3.8, 4) is 0 Å². The molecule has 3 rings (SSSR count). The third kappa shape index (κ3) is 2.99. The molecular weight excluding hydrogens is 262 g/mol. The minimum absolute atomic E-state index is 0.0292. The molecule has 1 aromatic carbocycles. The fourth-order valence-corrected chi connectivity index (χ4v) is 3.41. The molecule has 1 N–H and O–H groups in total. The highest BCUT2D eigenvalue weighted by atomic mass is 16.5. The second kappa shape index (κ2) is 5.47. The van der Waals surface area contributed by atoms with E-state index < -0.39 is 0 Å². The second-order valence-electron chi connectivity index (χ2n) is 6.77. The molecule has 0 radical (unpaired) electrons. The number of rotatable bonds is 3. The number of hydrogen-bond acceptors (Lipinski definition) is 3. The molecule has 1 saturated heterocycles. The number of hydrogen-bond donors (Lipinski definition) is 1. The molecule has 1 aromatic heterocycles. The summed E-state index contributed by atoms with van der Waals surface area (Å²) in [5.41, 5.74) is 2.20. The normalized spacial score (nSPS) is 23.3. The monoisotopic (exact) mass is 287 g/mol. The Balaban J connectivity index is 1.78. The first-order chi connectivity index (χ1) is 9.96. The van der Waals surface area contributed by atoms with Crippen LogP contribution in [-0.2, 0) is 4.74 Å². The van der Waals surface area contributed by atoms with Crippen LogP contribution < -0.4 is 5.32 Å². The Morgan fingerprint density at radius 1 is 1.29 bits per heavy atom. The summed E-state index contributed by atoms with van der Waals surface area (Å²) in [6.45, 7) is 9.49. The van der Waals surface area contributed by atoms with Crippen molar-refractivity contribution >= 4 is 11.0 Å². The van der Waals surface area contributed by atoms with E-state index in [4.69, 9.17) is 9.15 Å². The van der Waals surface area contributed by atoms with Crippen LogP contribution in [0.5, 0.6) is 0 Å². The van der Waals surface area contributed by atoms with E-state index >= 15 is 0 Å². The Morgan fingerprint density at radius 2 is 2.05 bits per heavy atom. The van der Waals surface area contributed by atoms with Crippen molar-refractivity contribution in [2.45, 2.75) is 58.2 Å². The zero-order valence-corrected chi connectivity index (χ0v) is 13.4. The largest absolute Gasteiger partial charge is 0.459 e. The number of para-hydroxylation sites is 1. The van der Waals surface area contributed by atoms with Crippen molar-refractivity contribution in [2.75, 3.05) is 6.61 Å². The molecule has 1 aliphatic rings. The van der Waals surface area contributed by atoms with Crippen molar-refractivity contribution in [1.29, 1.82) is 0 Å². The molecule has 2 heterocycles. The lowest BCUT2D eigenvalue weighted by molar-refractivity contribution is -0.0642. The van der Waals surface area contributed by atoms with Gasteiger partial charge in [-0.1, -0.05) is 18.2 Å². The maximum absolute atomic E-state index is 6.06. The van der Waals surface area contributed by atoms with E-state index in [9.17, 15) is 0 Å². The molecule has 0 bridgehead atoms. The van der Waals surface area contributed by atoms with Crippen LogP contribution in [-0.4, -0.2) is 18.2 Å². The highest BCUT2D eigenvalue weighted by molar-refractivity contribution is 5.82. The smallest absolute Gasteiger partial charge is 0.134 e. The Kier molecular flexibility index (Phi) is 3.80. The molecule has 3 nitrogen and oxygen atoms in total. The van der Waals surface area contributed by atoms with E-state index in [1.165, 1.54) is 10.9 Å². The molecule has 2 aromatic rings. The van der Waals surface area contributed by atoms with Crippen LogP contribution in [0.1, 0.15) is 51.0 Å². The third-order valence-corrected chi connectivity index (χ3v) is 4.46. The van der Waals surface area contributed by atoms with Gasteiger partial charge in [-0.05, 0) is 52.2 Å². The minimum atomic E-state index is -0.0292. The second-order valence-corrected chi connectivity index (χ2v) is 6.77. The summed E-state index contributed by atoms with van der Waals surface area (Å²) < 4.78 is 11.9. The summed E-state index contributed by atoms with van der Waals surface area (Å²) in [6.07, 6.45) is 2.10. The first-order valence-electron chi connectivity index (χ1n) is 7.84. The highest BCUT2D eigenvalue weighted by Gasteiger charge is 2.30. The summed E-state index contributed by atoms with van der Waals surface area (Å²) in [7, 11) is 0. The molecule has 0 aliphatic carbocycles. The van der Waals surface area contributed by atoms with Gasteiger partial charge >= 0.3 is 0 Å². The highest BCUT2D eigenvalue weighted by Crippen LogP contribution is 2.31. The maximum atomic E-state index is 6.06. The van der Waals surface area contributed by atoms with Gasteiger partial charge in [-0.3, -0.25) is 0 Å². The van der Waals surface area contributed by atoms with Crippen LogP contribution in [0.4, 0.5) is 0 Å². The third-order valence-electron chi connectivity index (χ3n) is 4.46. The lowest BCUT2D eigenvalue weighted by Gasteiger charge is -2.37. The van der Waals surface area contributed by atoms with Crippen LogP contribution in [0.15, 0.2) is 28.7 Å². The van der Waals surface area contributed by atoms with Crippen LogP contribution in [0.2, 0.25) is 0 Å². The van der Waals surface area contributed by atoms with E-state index in [0.29, 0.717) is 6.04 Å². The number of benzene rings is 1. The van der Waals surface area contributed by atoms with E-state index in [0.717, 1.165) is 30.8 Å². The number of furan rings is 1. The van der Waals surface area contributed by atoms with Crippen molar-refractivity contribution in [3.63, 3.8) is 0 Å². The average molecular weight is 287 g/mol. The fraction of sp³-hybridized carbons (Fsp3) is 0.556. The standard InChI is InChI=1S/C18H25NO2/c1-12-15-7-5-6-8-16(15)21-17(12)13(2)19-14-9-10-20-18(3,4)11-14/h5-8,13-14,19H,9-11H2,1-4H3. The van der Waals surface area contributed by atoms with Gasteiger partial charge in [-0.2, -0.15) is 0 Å². The van der Waals surface area contributed by atoms with Gasteiger partial charge in [0.05, 0.1) is 11.6 Å². The Bertz CT molecular complexity index is 629. The summed E-state index contributed by atoms with van der Waals surface area (Å²) in [5.74, 6) is 1.06. The van der Waals surface area contributed by atoms with Gasteiger partial charge in [0.1, 0.15) is 11.3 Å². The molecule has 1 aliphatic heterocycles. The molecule has 0 spiro atoms. The Labute approximate surface area is 126 Å². The zero-order valence-electron chi connectivity index (χ0n) is 13.4. The SMILES string of the molecule is Cc1c(C(C)NC2CCOC(C)(C)C2)oc2ccccc12. The molecular formula is C18H25NO2. The lowest BCUT2D eigenvalue weighted by atomic mass is 9.93. The lowest BCUT2D eigenvalue weighted by Crippen LogP contribution is -2.44. The summed E-state index contributed by atoms with van der Waals surface area (Å²) in [5, 5.41) is 4.93. The number of nitrogens with one attached hydrogen (secondary N) is 1. The van der Waals surface area contributed by atoms with Gasteiger partial charge < -0.3 is 14.5 Å². The predicted octanol–water partition coefficient (Wildman–Crippen LogP) is 4.35. The van der Waals surface area contributed by atoms with Crippen LogP contribution in [0, 0.1) is 6.92 Å². The van der Waals surface area contributed by atoms with E-state index in [1.807, 2.05) is 12.1 Å². The Morgan fingerprint density at radius 3 is 2.76 bits per heavy atom. The summed E-state index contributed by atoms with van der Waals surface area (Å²) >= 11 is 0. The average Bonchev–Trinajstić information content (AvgIpc) is 2.76. The van der Waals surface area contributed by atoms with Crippen LogP contribution in [0.25, 0.3) is 11.0 Å². The predicted molar refractivity (Wildman–Crippen MR) is 85.6 cm³/mol. The molecule has 0 saturated carbocycles. The number of fused-ring (bicyclic) bond motifs is 1. The maximum Gasteiger partial charge on any atom is 0.134 e. The van der Waals surface area contributed by atoms with Gasteiger partial charge in [0.15, 0.2) is 0 Å². The summed E-state index contributed by atoms with van der Waals surface area (Å²) in [6, 6.07) is 8.95. The van der Waals surface area contributed by atoms with Gasteiger partial charge in [-0.15, -0.1) is 0 Å². The molecule has 3 heteroatoms. The van der Waals surface area contributed by atoms with Gasteiger partial charge in [0.25, 0.3) is 0 Å². The molecule has 0 amide bonds. The number of ether oxygens (including phenoxy) is 1. The van der Waals surface area contributed by atoms with Gasteiger partial charge in [-0.25, -0.2) is 0 Å². The first-order valence-corrected chi connectivity index (χ1v) is 7.84. The van der Waals surface area contributed by atoms with Crippen molar-refractivity contribution in [2.24, 2.45) is 0 Å². The molecule has 21 heavy (non-hydrogen) atoms. The van der Waals surface area contributed by atoms with E-state index in [1.54, 1.807) is 0 Å². The molecule has 2 unspecified atom stereocenters. The molecule has 114 valence electrons. The van der Waals surface area contributed by atoms with Crippen molar-refractivity contribution < 1.29 is 9.15 Å². The molecule has 1 fully saturated rings. The number of aryl methyl sites for hydroxylation is 1. The van der Waals surface area contributed by atoms with Gasteiger partial charge in [0, 0.05) is 18.0 Å². The Hall–Kier alpha value is -1.32. The molecule has 2 atom stereocenters. The van der Waals surface area contributed by atoms with Crippen LogP contribution in [0.3, 0.4) is 0 Å². The minimum Gasteiger partial charge on any atom is -0.459 e. The van der Waals surface area contributed by atoms with E-state index in [2.05, 4.69) is 45.1 Å². The van der Waals surface area contributed by atoms with Crippen molar-refractivity contribution in [1.82, 2.24) is 5.32 Å². The zero-order chi connectivity index (χ0) is 15.0. The van der Waals surface area contributed by atoms with Crippen LogP contribution >= 0.6 is 0 Å². The quantitative estimate of drug-likeness (QED) is 0.911. The summed E-state index contributed by atoms with van der Waals surface area (Å²) in [4.78, 5) is 0. The van der Waals surface area contributed by atoms with E-state index in [-0.39, 0.29) is 11.6 Å².